The van der Waals surface area contributed by atoms with Crippen molar-refractivity contribution in [1.29, 1.82) is 0 Å². The van der Waals surface area contributed by atoms with Gasteiger partial charge in [0.15, 0.2) is 0 Å². The summed E-state index contributed by atoms with van der Waals surface area (Å²) in [5, 5.41) is 12.3. The molecule has 1 aromatic rings. The lowest BCUT2D eigenvalue weighted by Gasteiger charge is -2.24. The van der Waals surface area contributed by atoms with E-state index in [4.69, 9.17) is 16.7 Å². The summed E-state index contributed by atoms with van der Waals surface area (Å²) in [7, 11) is 0. The number of aliphatic carboxylic acids is 1. The predicted molar refractivity (Wildman–Crippen MR) is 64.6 cm³/mol. The molecule has 0 aliphatic heterocycles. The highest BCUT2D eigenvalue weighted by Crippen LogP contribution is 2.17. The Hall–Kier alpha value is -1.13. The summed E-state index contributed by atoms with van der Waals surface area (Å²) < 4.78 is 13.4. The van der Waals surface area contributed by atoms with Gasteiger partial charge in [0.2, 0.25) is 0 Å². The van der Waals surface area contributed by atoms with Crippen molar-refractivity contribution < 1.29 is 14.3 Å². The van der Waals surface area contributed by atoms with Crippen LogP contribution in [0.4, 0.5) is 4.39 Å². The topological polar surface area (TPSA) is 49.3 Å². The number of rotatable bonds is 5. The highest BCUT2D eigenvalue weighted by atomic mass is 35.5. The van der Waals surface area contributed by atoms with E-state index in [0.717, 1.165) is 0 Å². The van der Waals surface area contributed by atoms with Gasteiger partial charge in [0, 0.05) is 17.1 Å². The van der Waals surface area contributed by atoms with Crippen molar-refractivity contribution >= 4 is 17.6 Å². The maximum absolute atomic E-state index is 13.4. The molecule has 1 aromatic carbocycles. The minimum absolute atomic E-state index is 0.128. The molecular formula is C12H15ClFNO2. The van der Waals surface area contributed by atoms with E-state index in [1.165, 1.54) is 18.2 Å². The molecule has 0 aromatic heterocycles. The largest absolute Gasteiger partial charge is 0.480 e. The quantitative estimate of drug-likeness (QED) is 0.855. The molecule has 2 N–H and O–H groups in total. The van der Waals surface area contributed by atoms with Crippen LogP contribution in [0.1, 0.15) is 25.8 Å². The fraction of sp³-hybridized carbons (Fsp3) is 0.417. The van der Waals surface area contributed by atoms with Crippen LogP contribution in [0, 0.1) is 5.82 Å². The van der Waals surface area contributed by atoms with Gasteiger partial charge >= 0.3 is 5.97 Å². The monoisotopic (exact) mass is 259 g/mol. The molecule has 0 heterocycles. The van der Waals surface area contributed by atoms with Gasteiger partial charge in [-0.2, -0.15) is 0 Å². The number of hydrogen-bond donors (Lipinski definition) is 2. The molecule has 17 heavy (non-hydrogen) atoms. The predicted octanol–water partition coefficient (Wildman–Crippen LogP) is 2.82. The van der Waals surface area contributed by atoms with E-state index in [-0.39, 0.29) is 6.54 Å². The van der Waals surface area contributed by atoms with Crippen LogP contribution in [0.15, 0.2) is 18.2 Å². The third-order valence-electron chi connectivity index (χ3n) is 2.86. The van der Waals surface area contributed by atoms with E-state index in [0.29, 0.717) is 17.0 Å². The van der Waals surface area contributed by atoms with E-state index in [2.05, 4.69) is 5.32 Å². The average Bonchev–Trinajstić information content (AvgIpc) is 2.29. The van der Waals surface area contributed by atoms with Crippen molar-refractivity contribution in [2.45, 2.75) is 32.4 Å². The number of benzene rings is 1. The summed E-state index contributed by atoms with van der Waals surface area (Å²) in [6.45, 7) is 3.45. The summed E-state index contributed by atoms with van der Waals surface area (Å²) in [4.78, 5) is 11.0. The Morgan fingerprint density at radius 3 is 2.76 bits per heavy atom. The summed E-state index contributed by atoms with van der Waals surface area (Å²) in [5.74, 6) is -1.35. The lowest BCUT2D eigenvalue weighted by atomic mass is 9.99. The Balaban J connectivity index is 2.79. The highest BCUT2D eigenvalue weighted by Gasteiger charge is 2.30. The number of carbonyl (C=O) groups is 1. The standard InChI is InChI=1S/C12H15ClFNO2/c1-3-12(2,11(16)17)15-7-8-6-9(13)4-5-10(8)14/h4-6,15H,3,7H2,1-2H3,(H,16,17). The Morgan fingerprint density at radius 1 is 1.59 bits per heavy atom. The van der Waals surface area contributed by atoms with Crippen LogP contribution in [-0.2, 0) is 11.3 Å². The van der Waals surface area contributed by atoms with Gasteiger partial charge in [-0.05, 0) is 31.5 Å². The van der Waals surface area contributed by atoms with Crippen LogP contribution < -0.4 is 5.32 Å². The van der Waals surface area contributed by atoms with Gasteiger partial charge in [-0.15, -0.1) is 0 Å². The molecule has 0 radical (unpaired) electrons. The van der Waals surface area contributed by atoms with Crippen molar-refractivity contribution in [3.63, 3.8) is 0 Å². The minimum Gasteiger partial charge on any atom is -0.480 e. The van der Waals surface area contributed by atoms with Crippen LogP contribution in [0.5, 0.6) is 0 Å². The molecule has 0 saturated heterocycles. The van der Waals surface area contributed by atoms with E-state index in [1.807, 2.05) is 0 Å². The summed E-state index contributed by atoms with van der Waals surface area (Å²) in [5.41, 5.74) is -0.701. The molecule has 0 aliphatic carbocycles. The van der Waals surface area contributed by atoms with Gasteiger partial charge < -0.3 is 5.11 Å². The fourth-order valence-corrected chi connectivity index (χ4v) is 1.52. The molecule has 1 atom stereocenters. The smallest absolute Gasteiger partial charge is 0.323 e. The van der Waals surface area contributed by atoms with Crippen LogP contribution in [0.25, 0.3) is 0 Å². The molecule has 0 fully saturated rings. The molecule has 0 bridgehead atoms. The normalized spacial score (nSPS) is 14.4. The number of carboxylic acid groups (broad SMARTS) is 1. The Bertz CT molecular complexity index is 425. The van der Waals surface area contributed by atoms with Crippen LogP contribution in [-0.4, -0.2) is 16.6 Å². The second kappa shape index (κ2) is 5.47. The van der Waals surface area contributed by atoms with Crippen molar-refractivity contribution in [1.82, 2.24) is 5.32 Å². The first kappa shape index (κ1) is 13.9. The van der Waals surface area contributed by atoms with E-state index in [1.54, 1.807) is 13.8 Å². The average molecular weight is 260 g/mol. The van der Waals surface area contributed by atoms with Crippen molar-refractivity contribution in [2.24, 2.45) is 0 Å². The molecule has 0 spiro atoms. The fourth-order valence-electron chi connectivity index (χ4n) is 1.32. The third kappa shape index (κ3) is 3.41. The maximum Gasteiger partial charge on any atom is 0.323 e. The van der Waals surface area contributed by atoms with E-state index < -0.39 is 17.3 Å². The summed E-state index contributed by atoms with van der Waals surface area (Å²) >= 11 is 5.75. The van der Waals surface area contributed by atoms with E-state index >= 15 is 0 Å². The molecule has 5 heteroatoms. The molecular weight excluding hydrogens is 245 g/mol. The van der Waals surface area contributed by atoms with Gasteiger partial charge in [-0.1, -0.05) is 18.5 Å². The first-order valence-corrected chi connectivity index (χ1v) is 5.69. The lowest BCUT2D eigenvalue weighted by molar-refractivity contribution is -0.144. The minimum atomic E-state index is -1.06. The van der Waals surface area contributed by atoms with Gasteiger partial charge in [-0.25, -0.2) is 4.39 Å². The number of hydrogen-bond acceptors (Lipinski definition) is 2. The molecule has 0 aliphatic rings. The van der Waals surface area contributed by atoms with Crippen molar-refractivity contribution in [3.8, 4) is 0 Å². The third-order valence-corrected chi connectivity index (χ3v) is 3.09. The zero-order chi connectivity index (χ0) is 13.1. The van der Waals surface area contributed by atoms with Gasteiger partial charge in [0.05, 0.1) is 0 Å². The Morgan fingerprint density at radius 2 is 2.24 bits per heavy atom. The summed E-state index contributed by atoms with van der Waals surface area (Å²) in [6.07, 6.45) is 0.407. The zero-order valence-corrected chi connectivity index (χ0v) is 10.5. The first-order chi connectivity index (χ1) is 7.89. The molecule has 94 valence electrons. The second-order valence-corrected chi connectivity index (χ2v) is 4.52. The number of carboxylic acids is 1. The van der Waals surface area contributed by atoms with Crippen LogP contribution in [0.2, 0.25) is 5.02 Å². The van der Waals surface area contributed by atoms with Gasteiger partial charge in [0.25, 0.3) is 0 Å². The molecule has 0 saturated carbocycles. The molecule has 1 unspecified atom stereocenters. The molecule has 0 amide bonds. The first-order valence-electron chi connectivity index (χ1n) is 5.31. The number of halogens is 2. The van der Waals surface area contributed by atoms with Crippen molar-refractivity contribution in [2.75, 3.05) is 0 Å². The second-order valence-electron chi connectivity index (χ2n) is 4.08. The van der Waals surface area contributed by atoms with Gasteiger partial charge in [0.1, 0.15) is 11.4 Å². The Labute approximate surface area is 105 Å². The highest BCUT2D eigenvalue weighted by molar-refractivity contribution is 6.30. The number of nitrogens with one attached hydrogen (secondary N) is 1. The molecule has 3 nitrogen and oxygen atoms in total. The summed E-state index contributed by atoms with van der Waals surface area (Å²) in [6, 6.07) is 4.21. The molecule has 1 rings (SSSR count). The van der Waals surface area contributed by atoms with Crippen LogP contribution in [0.3, 0.4) is 0 Å². The zero-order valence-electron chi connectivity index (χ0n) is 9.76. The Kier molecular flexibility index (Phi) is 4.48. The van der Waals surface area contributed by atoms with E-state index in [9.17, 15) is 9.18 Å². The lowest BCUT2D eigenvalue weighted by Crippen LogP contribution is -2.48. The van der Waals surface area contributed by atoms with Crippen LogP contribution >= 0.6 is 11.6 Å². The van der Waals surface area contributed by atoms with Crippen molar-refractivity contribution in [3.05, 3.63) is 34.6 Å². The van der Waals surface area contributed by atoms with Gasteiger partial charge in [-0.3, -0.25) is 10.1 Å². The maximum atomic E-state index is 13.4. The SMILES string of the molecule is CCC(C)(NCc1cc(Cl)ccc1F)C(=O)O.